The zero-order chi connectivity index (χ0) is 8.49. The second-order valence-electron chi connectivity index (χ2n) is 2.15. The van der Waals surface area contributed by atoms with Crippen LogP contribution in [-0.2, 0) is 27.3 Å². The van der Waals surface area contributed by atoms with Gasteiger partial charge in [-0.25, -0.2) is 0 Å². The fourth-order valence-corrected chi connectivity index (χ4v) is 0.684. The first kappa shape index (κ1) is 12.4. The van der Waals surface area contributed by atoms with E-state index in [1.807, 2.05) is 60.7 Å². The van der Waals surface area contributed by atoms with Crippen LogP contribution in [-0.4, -0.2) is 0 Å². The molecule has 0 aliphatic carbocycles. The molecule has 0 nitrogen and oxygen atoms in total. The Morgan fingerprint density at radius 2 is 0.769 bits per heavy atom. The van der Waals surface area contributed by atoms with Gasteiger partial charge in [-0.05, 0) is 0 Å². The summed E-state index contributed by atoms with van der Waals surface area (Å²) in [5.41, 5.74) is 0. The number of hydrogen-bond acceptors (Lipinski definition) is 0. The Morgan fingerprint density at radius 1 is 0.462 bits per heavy atom. The number of benzene rings is 2. The molecule has 0 atom stereocenters. The van der Waals surface area contributed by atoms with Crippen LogP contribution in [0.5, 0.6) is 0 Å². The summed E-state index contributed by atoms with van der Waals surface area (Å²) in [7, 11) is 0. The van der Waals surface area contributed by atoms with Crippen molar-refractivity contribution < 1.29 is 27.3 Å². The van der Waals surface area contributed by atoms with Crippen LogP contribution in [0, 0.1) is 12.1 Å². The maximum atomic E-state index is 2.89. The molecule has 0 saturated heterocycles. The normalized spacial score (nSPS) is 7.38. The molecule has 0 aromatic heterocycles. The predicted molar refractivity (Wildman–Crippen MR) is 50.6 cm³/mol. The van der Waals surface area contributed by atoms with E-state index < -0.39 is 0 Å². The Hall–Kier alpha value is -0.638. The van der Waals surface area contributed by atoms with E-state index in [1.165, 1.54) is 0 Å². The summed E-state index contributed by atoms with van der Waals surface area (Å²) in [6.07, 6.45) is 0. The molecule has 0 aliphatic heterocycles. The second-order valence-corrected chi connectivity index (χ2v) is 2.15. The Balaban J connectivity index is 0.000000206. The van der Waals surface area contributed by atoms with Crippen molar-refractivity contribution in [2.24, 2.45) is 0 Å². The van der Waals surface area contributed by atoms with Crippen LogP contribution in [0.25, 0.3) is 0 Å². The van der Waals surface area contributed by atoms with Gasteiger partial charge in [-0.3, -0.25) is 0 Å². The zero-order valence-electron chi connectivity index (χ0n) is 7.48. The molecule has 0 amide bonds. The van der Waals surface area contributed by atoms with Crippen molar-refractivity contribution in [3.05, 3.63) is 72.8 Å². The van der Waals surface area contributed by atoms with Crippen LogP contribution in [0.2, 0.25) is 0 Å². The Kier molecular flexibility index (Phi) is 8.99. The molecule has 0 fully saturated rings. The van der Waals surface area contributed by atoms with E-state index in [0.29, 0.717) is 0 Å². The van der Waals surface area contributed by atoms with E-state index >= 15 is 0 Å². The number of rotatable bonds is 0. The van der Waals surface area contributed by atoms with E-state index in [9.17, 15) is 0 Å². The molecular formula is C12H10Cd. The van der Waals surface area contributed by atoms with Crippen LogP contribution in [0.3, 0.4) is 0 Å². The van der Waals surface area contributed by atoms with E-state index in [2.05, 4.69) is 12.1 Å². The fourth-order valence-electron chi connectivity index (χ4n) is 0.684. The maximum Gasteiger partial charge on any atom is 2.00 e. The van der Waals surface area contributed by atoms with Crippen LogP contribution < -0.4 is 0 Å². The summed E-state index contributed by atoms with van der Waals surface area (Å²) < 4.78 is 0. The minimum Gasteiger partial charge on any atom is -0.184 e. The summed E-state index contributed by atoms with van der Waals surface area (Å²) in [6.45, 7) is 0. The van der Waals surface area contributed by atoms with Crippen molar-refractivity contribution in [3.63, 3.8) is 0 Å². The summed E-state index contributed by atoms with van der Waals surface area (Å²) in [4.78, 5) is 0. The van der Waals surface area contributed by atoms with Gasteiger partial charge in [0.1, 0.15) is 0 Å². The van der Waals surface area contributed by atoms with Crippen molar-refractivity contribution in [2.75, 3.05) is 0 Å². The molecule has 2 aromatic rings. The van der Waals surface area contributed by atoms with Gasteiger partial charge < -0.3 is 0 Å². The summed E-state index contributed by atoms with van der Waals surface area (Å²) in [5.74, 6) is 0. The van der Waals surface area contributed by atoms with Gasteiger partial charge in [-0.2, -0.15) is 72.8 Å². The van der Waals surface area contributed by atoms with Gasteiger partial charge in [0.15, 0.2) is 0 Å². The van der Waals surface area contributed by atoms with Gasteiger partial charge >= 0.3 is 27.3 Å². The number of hydrogen-bond donors (Lipinski definition) is 0. The molecule has 0 bridgehead atoms. The molecule has 0 radical (unpaired) electrons. The van der Waals surface area contributed by atoms with Crippen LogP contribution in [0.1, 0.15) is 0 Å². The van der Waals surface area contributed by atoms with Crippen molar-refractivity contribution in [1.29, 1.82) is 0 Å². The van der Waals surface area contributed by atoms with Crippen LogP contribution in [0.4, 0.5) is 0 Å². The molecule has 60 valence electrons. The third-order valence-electron chi connectivity index (χ3n) is 1.21. The largest absolute Gasteiger partial charge is 2.00 e. The van der Waals surface area contributed by atoms with Gasteiger partial charge in [0.05, 0.1) is 0 Å². The van der Waals surface area contributed by atoms with E-state index in [1.54, 1.807) is 0 Å². The molecule has 2 aromatic carbocycles. The molecule has 0 unspecified atom stereocenters. The second kappa shape index (κ2) is 9.45. The van der Waals surface area contributed by atoms with E-state index in [-0.39, 0.29) is 27.3 Å². The van der Waals surface area contributed by atoms with E-state index in [4.69, 9.17) is 0 Å². The Labute approximate surface area is 99.8 Å². The van der Waals surface area contributed by atoms with Crippen molar-refractivity contribution in [3.8, 4) is 0 Å². The maximum absolute atomic E-state index is 2.89. The minimum atomic E-state index is 0. The minimum absolute atomic E-state index is 0. The van der Waals surface area contributed by atoms with Gasteiger partial charge in [0.2, 0.25) is 0 Å². The summed E-state index contributed by atoms with van der Waals surface area (Å²) >= 11 is 0. The first-order chi connectivity index (χ1) is 6.00. The average Bonchev–Trinajstić information content (AvgIpc) is 2.24. The third-order valence-corrected chi connectivity index (χ3v) is 1.21. The molecule has 2 rings (SSSR count). The first-order valence-corrected chi connectivity index (χ1v) is 3.82. The van der Waals surface area contributed by atoms with Crippen LogP contribution >= 0.6 is 0 Å². The zero-order valence-corrected chi connectivity index (χ0v) is 11.5. The monoisotopic (exact) mass is 268 g/mol. The molecule has 1 heteroatoms. The summed E-state index contributed by atoms with van der Waals surface area (Å²) in [5, 5.41) is 0. The quantitative estimate of drug-likeness (QED) is 0.508. The van der Waals surface area contributed by atoms with Crippen molar-refractivity contribution in [2.45, 2.75) is 0 Å². The van der Waals surface area contributed by atoms with Gasteiger partial charge in [-0.1, -0.05) is 0 Å². The third kappa shape index (κ3) is 7.71. The Morgan fingerprint density at radius 3 is 0.846 bits per heavy atom. The SMILES string of the molecule is [Cd+2].[c-]1ccccc1.[c-]1ccccc1. The molecule has 0 saturated carbocycles. The summed E-state index contributed by atoms with van der Waals surface area (Å²) in [6, 6.07) is 25.0. The predicted octanol–water partition coefficient (Wildman–Crippen LogP) is 2.97. The van der Waals surface area contributed by atoms with Crippen molar-refractivity contribution >= 4 is 0 Å². The fraction of sp³-hybridized carbons (Fsp3) is 0. The molecular weight excluding hydrogens is 257 g/mol. The van der Waals surface area contributed by atoms with Gasteiger partial charge in [-0.15, -0.1) is 0 Å². The molecule has 0 spiro atoms. The van der Waals surface area contributed by atoms with E-state index in [0.717, 1.165) is 0 Å². The van der Waals surface area contributed by atoms with Gasteiger partial charge in [0.25, 0.3) is 0 Å². The molecule has 13 heavy (non-hydrogen) atoms. The van der Waals surface area contributed by atoms with Crippen LogP contribution in [0.15, 0.2) is 60.7 Å². The standard InChI is InChI=1S/2C6H5.Cd/c2*1-2-4-6-5-3-1;/h2*1-5H;/q2*-1;+2. The molecule has 0 N–H and O–H groups in total. The average molecular weight is 267 g/mol. The smallest absolute Gasteiger partial charge is 0.184 e. The topological polar surface area (TPSA) is 0 Å². The van der Waals surface area contributed by atoms with Gasteiger partial charge in [0, 0.05) is 0 Å². The molecule has 0 heterocycles. The molecule has 0 aliphatic rings. The first-order valence-electron chi connectivity index (χ1n) is 3.82. The Bertz CT molecular complexity index is 181. The van der Waals surface area contributed by atoms with Crippen molar-refractivity contribution in [1.82, 2.24) is 0 Å².